The summed E-state index contributed by atoms with van der Waals surface area (Å²) in [7, 11) is 0. The van der Waals surface area contributed by atoms with E-state index in [9.17, 15) is 5.11 Å². The Morgan fingerprint density at radius 1 is 1.10 bits per heavy atom. The van der Waals surface area contributed by atoms with Crippen LogP contribution in [0.25, 0.3) is 0 Å². The Hall–Kier alpha value is -0.0200. The average Bonchev–Trinajstić information content (AvgIpc) is 2.44. The molecule has 0 saturated carbocycles. The van der Waals surface area contributed by atoms with Crippen LogP contribution < -0.4 is 0 Å². The third-order valence-electron chi connectivity index (χ3n) is 3.71. The van der Waals surface area contributed by atoms with Gasteiger partial charge in [-0.25, -0.2) is 0 Å². The minimum absolute atomic E-state index is 0.0478. The highest BCUT2D eigenvalue weighted by Crippen LogP contribution is 2.39. The van der Waals surface area contributed by atoms with Gasteiger partial charge in [0.1, 0.15) is 0 Å². The Balaban J connectivity index is 2.41. The van der Waals surface area contributed by atoms with Crippen LogP contribution >= 0.6 is 23.5 Å². The molecule has 116 valence electrons. The Morgan fingerprint density at radius 2 is 1.75 bits per heavy atom. The molecule has 0 bridgehead atoms. The number of unbranched alkanes of at least 4 members (excludes halogenated alkanes) is 2. The van der Waals surface area contributed by atoms with Crippen molar-refractivity contribution in [1.29, 1.82) is 0 Å². The Labute approximate surface area is 133 Å². The van der Waals surface area contributed by atoms with Gasteiger partial charge in [-0.15, -0.1) is 0 Å². The first-order valence-electron chi connectivity index (χ1n) is 7.87. The number of hydrogen-bond donors (Lipinski definition) is 1. The molecule has 0 fully saturated rings. The molecule has 1 aliphatic rings. The summed E-state index contributed by atoms with van der Waals surface area (Å²) in [5.74, 6) is 5.20. The molecule has 3 heteroatoms. The SMILES string of the molecule is CCCCSCC1=CC=C(O)C(C)(CSCCCC)C1. The van der Waals surface area contributed by atoms with Crippen LogP contribution in [-0.2, 0) is 0 Å². The molecule has 0 radical (unpaired) electrons. The van der Waals surface area contributed by atoms with Crippen LogP contribution in [0.15, 0.2) is 23.5 Å². The van der Waals surface area contributed by atoms with Crippen LogP contribution in [0.4, 0.5) is 0 Å². The van der Waals surface area contributed by atoms with E-state index in [0.29, 0.717) is 5.76 Å². The summed E-state index contributed by atoms with van der Waals surface area (Å²) in [6, 6.07) is 0. The number of aliphatic hydroxyl groups excluding tert-OH is 1. The Kier molecular flexibility index (Phi) is 8.86. The van der Waals surface area contributed by atoms with Crippen LogP contribution in [-0.4, -0.2) is 28.1 Å². The molecule has 1 N–H and O–H groups in total. The number of aliphatic hydroxyl groups is 1. The van der Waals surface area contributed by atoms with Gasteiger partial charge >= 0.3 is 0 Å². The number of thioether (sulfide) groups is 2. The van der Waals surface area contributed by atoms with E-state index >= 15 is 0 Å². The van der Waals surface area contributed by atoms with Crippen molar-refractivity contribution in [3.63, 3.8) is 0 Å². The van der Waals surface area contributed by atoms with Gasteiger partial charge in [0.05, 0.1) is 5.76 Å². The molecule has 1 rings (SSSR count). The van der Waals surface area contributed by atoms with Crippen molar-refractivity contribution < 1.29 is 5.11 Å². The summed E-state index contributed by atoms with van der Waals surface area (Å²) in [4.78, 5) is 0. The second-order valence-corrected chi connectivity index (χ2v) is 8.14. The third-order valence-corrected chi connectivity index (χ3v) is 6.28. The molecule has 1 atom stereocenters. The van der Waals surface area contributed by atoms with Gasteiger partial charge in [0, 0.05) is 16.9 Å². The maximum atomic E-state index is 10.2. The number of hydrogen-bond acceptors (Lipinski definition) is 3. The standard InChI is InChI=1S/C17H30OS2/c1-4-6-10-19-13-15-8-9-16(18)17(3,12-15)14-20-11-7-5-2/h8-9,18H,4-7,10-14H2,1-3H3. The molecule has 1 unspecified atom stereocenters. The molecule has 0 aromatic heterocycles. The number of allylic oxidation sites excluding steroid dienone is 3. The van der Waals surface area contributed by atoms with Crippen molar-refractivity contribution in [2.45, 2.75) is 52.9 Å². The first-order chi connectivity index (χ1) is 9.62. The summed E-state index contributed by atoms with van der Waals surface area (Å²) in [5, 5.41) is 10.2. The topological polar surface area (TPSA) is 20.2 Å². The second kappa shape index (κ2) is 9.83. The quantitative estimate of drug-likeness (QED) is 0.512. The zero-order valence-corrected chi connectivity index (χ0v) is 14.9. The third kappa shape index (κ3) is 6.17. The van der Waals surface area contributed by atoms with Crippen LogP contribution in [0.5, 0.6) is 0 Å². The highest BCUT2D eigenvalue weighted by molar-refractivity contribution is 7.99. The molecular formula is C17H30OS2. The fraction of sp³-hybridized carbons (Fsp3) is 0.765. The lowest BCUT2D eigenvalue weighted by Gasteiger charge is -2.32. The summed E-state index contributed by atoms with van der Waals surface area (Å²) >= 11 is 4.02. The largest absolute Gasteiger partial charge is 0.512 e. The molecule has 0 aliphatic heterocycles. The van der Waals surface area contributed by atoms with Gasteiger partial charge in [-0.05, 0) is 36.8 Å². The molecule has 0 aromatic carbocycles. The van der Waals surface area contributed by atoms with E-state index in [0.717, 1.165) is 17.9 Å². The van der Waals surface area contributed by atoms with E-state index in [1.54, 1.807) is 0 Å². The smallest absolute Gasteiger partial charge is 0.0992 e. The Morgan fingerprint density at radius 3 is 2.40 bits per heavy atom. The van der Waals surface area contributed by atoms with E-state index in [1.807, 2.05) is 29.6 Å². The fourth-order valence-corrected chi connectivity index (χ4v) is 4.70. The minimum atomic E-state index is -0.0478. The predicted molar refractivity (Wildman–Crippen MR) is 96.0 cm³/mol. The first kappa shape index (κ1) is 18.0. The average molecular weight is 315 g/mol. The maximum absolute atomic E-state index is 10.2. The van der Waals surface area contributed by atoms with E-state index in [-0.39, 0.29) is 5.41 Å². The maximum Gasteiger partial charge on any atom is 0.0992 e. The highest BCUT2D eigenvalue weighted by atomic mass is 32.2. The summed E-state index contributed by atoms with van der Waals surface area (Å²) in [6.45, 7) is 6.68. The highest BCUT2D eigenvalue weighted by Gasteiger charge is 2.32. The summed E-state index contributed by atoms with van der Waals surface area (Å²) in [6.07, 6.45) is 10.2. The van der Waals surface area contributed by atoms with Crippen LogP contribution in [0.3, 0.4) is 0 Å². The molecular weight excluding hydrogens is 284 g/mol. The molecule has 0 aromatic rings. The van der Waals surface area contributed by atoms with Gasteiger partial charge < -0.3 is 5.11 Å². The Bertz CT molecular complexity index is 336. The van der Waals surface area contributed by atoms with Crippen molar-refractivity contribution >= 4 is 23.5 Å². The van der Waals surface area contributed by atoms with E-state index < -0.39 is 0 Å². The normalized spacial score (nSPS) is 22.6. The van der Waals surface area contributed by atoms with Crippen molar-refractivity contribution in [2.75, 3.05) is 23.0 Å². The van der Waals surface area contributed by atoms with Crippen molar-refractivity contribution in [2.24, 2.45) is 5.41 Å². The molecule has 1 aliphatic carbocycles. The van der Waals surface area contributed by atoms with Gasteiger partial charge in [0.25, 0.3) is 0 Å². The molecule has 0 saturated heterocycles. The minimum Gasteiger partial charge on any atom is -0.512 e. The van der Waals surface area contributed by atoms with Crippen molar-refractivity contribution in [3.8, 4) is 0 Å². The predicted octanol–water partition coefficient (Wildman–Crippen LogP) is 5.83. The van der Waals surface area contributed by atoms with Crippen molar-refractivity contribution in [1.82, 2.24) is 0 Å². The molecule has 0 heterocycles. The lowest BCUT2D eigenvalue weighted by Crippen LogP contribution is -2.26. The van der Waals surface area contributed by atoms with Gasteiger partial charge in [0.2, 0.25) is 0 Å². The van der Waals surface area contributed by atoms with E-state index in [1.165, 1.54) is 42.8 Å². The van der Waals surface area contributed by atoms with Crippen molar-refractivity contribution in [3.05, 3.63) is 23.5 Å². The van der Waals surface area contributed by atoms with E-state index in [2.05, 4.69) is 26.8 Å². The molecule has 20 heavy (non-hydrogen) atoms. The van der Waals surface area contributed by atoms with Gasteiger partial charge in [-0.2, -0.15) is 23.5 Å². The molecule has 0 spiro atoms. The van der Waals surface area contributed by atoms with Gasteiger partial charge in [-0.3, -0.25) is 0 Å². The number of rotatable bonds is 10. The van der Waals surface area contributed by atoms with Gasteiger partial charge in [0.15, 0.2) is 0 Å². The van der Waals surface area contributed by atoms with Gasteiger partial charge in [-0.1, -0.05) is 45.3 Å². The fourth-order valence-electron chi connectivity index (χ4n) is 2.27. The molecule has 0 amide bonds. The van der Waals surface area contributed by atoms with Crippen LogP contribution in [0.2, 0.25) is 0 Å². The zero-order chi connectivity index (χ0) is 14.8. The zero-order valence-electron chi connectivity index (χ0n) is 13.3. The van der Waals surface area contributed by atoms with Crippen LogP contribution in [0, 0.1) is 5.41 Å². The van der Waals surface area contributed by atoms with E-state index in [4.69, 9.17) is 0 Å². The van der Waals surface area contributed by atoms with Crippen LogP contribution in [0.1, 0.15) is 52.9 Å². The lowest BCUT2D eigenvalue weighted by atomic mass is 9.80. The first-order valence-corrected chi connectivity index (χ1v) is 10.2. The molecule has 1 nitrogen and oxygen atoms in total. The summed E-state index contributed by atoms with van der Waals surface area (Å²) < 4.78 is 0. The summed E-state index contributed by atoms with van der Waals surface area (Å²) in [5.41, 5.74) is 1.44. The lowest BCUT2D eigenvalue weighted by molar-refractivity contribution is 0.257. The second-order valence-electron chi connectivity index (χ2n) is 5.93. The monoisotopic (exact) mass is 314 g/mol.